The van der Waals surface area contributed by atoms with Crippen LogP contribution in [0.15, 0.2) is 0 Å². The maximum absolute atomic E-state index is 11.7. The molecule has 0 aliphatic carbocycles. The molecule has 0 aromatic heterocycles. The molecule has 0 rings (SSSR count). The second-order valence-electron chi connectivity index (χ2n) is 6.47. The molecule has 0 atom stereocenters. The van der Waals surface area contributed by atoms with Crippen molar-refractivity contribution in [1.82, 2.24) is 5.32 Å². The van der Waals surface area contributed by atoms with Crippen LogP contribution in [0.1, 0.15) is 26.2 Å². The summed E-state index contributed by atoms with van der Waals surface area (Å²) in [6, 6.07) is 0. The molecule has 0 fully saturated rings. The summed E-state index contributed by atoms with van der Waals surface area (Å²) in [5, 5.41) is 2.84. The van der Waals surface area contributed by atoms with E-state index in [1.54, 1.807) is 0 Å². The van der Waals surface area contributed by atoms with Crippen molar-refractivity contribution < 1.29 is 38.0 Å². The fraction of sp³-hybridized carbons (Fsp3) is 0.952. The molecule has 0 aromatic carbocycles. The van der Waals surface area contributed by atoms with Crippen LogP contribution in [0.25, 0.3) is 0 Å². The molecule has 0 saturated heterocycles. The molecule has 10 heteroatoms. The van der Waals surface area contributed by atoms with Crippen LogP contribution in [0, 0.1) is 0 Å². The Labute approximate surface area is 187 Å². The minimum absolute atomic E-state index is 0.0263. The Bertz CT molecular complexity index is 364. The van der Waals surface area contributed by atoms with E-state index in [1.165, 1.54) is 0 Å². The molecular formula is C21H44N2O8. The minimum Gasteiger partial charge on any atom is -0.379 e. The first-order chi connectivity index (χ1) is 15.3. The number of carbonyl (C=O) groups is 1. The van der Waals surface area contributed by atoms with Gasteiger partial charge in [0.2, 0.25) is 5.91 Å². The van der Waals surface area contributed by atoms with Gasteiger partial charge in [-0.3, -0.25) is 4.79 Å². The van der Waals surface area contributed by atoms with Crippen LogP contribution < -0.4 is 11.1 Å². The van der Waals surface area contributed by atoms with Gasteiger partial charge in [-0.15, -0.1) is 0 Å². The topological polar surface area (TPSA) is 120 Å². The smallest absolute Gasteiger partial charge is 0.222 e. The Hall–Kier alpha value is -0.850. The standard InChI is InChI=1S/C21H44N2O8/c1-2-25-11-12-29-19-20-31-18-15-28-10-5-21(24)23-7-4-9-27-14-17-30-16-13-26-8-3-6-22/h2-20,22H2,1H3,(H,23,24). The number of rotatable bonds is 26. The van der Waals surface area contributed by atoms with E-state index < -0.39 is 0 Å². The second-order valence-corrected chi connectivity index (χ2v) is 6.47. The number of ether oxygens (including phenoxy) is 7. The van der Waals surface area contributed by atoms with Crippen LogP contribution in [-0.2, 0) is 38.0 Å². The van der Waals surface area contributed by atoms with Crippen LogP contribution >= 0.6 is 0 Å². The highest BCUT2D eigenvalue weighted by Crippen LogP contribution is 1.88. The van der Waals surface area contributed by atoms with E-state index in [0.29, 0.717) is 112 Å². The maximum Gasteiger partial charge on any atom is 0.222 e. The van der Waals surface area contributed by atoms with Gasteiger partial charge in [0.05, 0.1) is 72.7 Å². The van der Waals surface area contributed by atoms with Crippen molar-refractivity contribution in [3.8, 4) is 0 Å². The average Bonchev–Trinajstić information content (AvgIpc) is 2.77. The molecule has 31 heavy (non-hydrogen) atoms. The van der Waals surface area contributed by atoms with Crippen molar-refractivity contribution in [3.63, 3.8) is 0 Å². The number of carbonyl (C=O) groups excluding carboxylic acids is 1. The lowest BCUT2D eigenvalue weighted by Crippen LogP contribution is -2.26. The zero-order valence-electron chi connectivity index (χ0n) is 19.3. The molecule has 186 valence electrons. The molecule has 0 spiro atoms. The van der Waals surface area contributed by atoms with Gasteiger partial charge in [-0.25, -0.2) is 0 Å². The average molecular weight is 453 g/mol. The highest BCUT2D eigenvalue weighted by Gasteiger charge is 2.01. The lowest BCUT2D eigenvalue weighted by molar-refractivity contribution is -0.122. The molecule has 0 unspecified atom stereocenters. The first-order valence-corrected chi connectivity index (χ1v) is 11.3. The zero-order chi connectivity index (χ0) is 22.7. The van der Waals surface area contributed by atoms with E-state index in [0.717, 1.165) is 12.8 Å². The van der Waals surface area contributed by atoms with Gasteiger partial charge in [-0.05, 0) is 26.3 Å². The highest BCUT2D eigenvalue weighted by atomic mass is 16.6. The van der Waals surface area contributed by atoms with Crippen LogP contribution in [0.3, 0.4) is 0 Å². The Morgan fingerprint density at radius 3 is 1.52 bits per heavy atom. The van der Waals surface area contributed by atoms with Gasteiger partial charge in [-0.2, -0.15) is 0 Å². The SMILES string of the molecule is CCOCCOCCOCCOCCC(=O)NCCCOCCOCCOCCCN. The van der Waals surface area contributed by atoms with Gasteiger partial charge >= 0.3 is 0 Å². The third-order valence-electron chi connectivity index (χ3n) is 3.82. The third-order valence-corrected chi connectivity index (χ3v) is 3.82. The third kappa shape index (κ3) is 27.1. The number of amides is 1. The van der Waals surface area contributed by atoms with Crippen molar-refractivity contribution >= 4 is 5.91 Å². The van der Waals surface area contributed by atoms with Gasteiger partial charge in [0.15, 0.2) is 0 Å². The van der Waals surface area contributed by atoms with Crippen LogP contribution in [0.4, 0.5) is 0 Å². The van der Waals surface area contributed by atoms with E-state index >= 15 is 0 Å². The van der Waals surface area contributed by atoms with Crippen LogP contribution in [0.5, 0.6) is 0 Å². The summed E-state index contributed by atoms with van der Waals surface area (Å²) in [6.45, 7) is 10.9. The van der Waals surface area contributed by atoms with Gasteiger partial charge in [0, 0.05) is 32.8 Å². The van der Waals surface area contributed by atoms with Crippen LogP contribution in [0.2, 0.25) is 0 Å². The molecule has 0 bridgehead atoms. The molecule has 0 heterocycles. The summed E-state index contributed by atoms with van der Waals surface area (Å²) < 4.78 is 37.4. The molecule has 0 saturated carbocycles. The predicted octanol–water partition coefficient (Wildman–Crippen LogP) is 0.368. The van der Waals surface area contributed by atoms with Crippen molar-refractivity contribution in [3.05, 3.63) is 0 Å². The van der Waals surface area contributed by atoms with Gasteiger partial charge in [-0.1, -0.05) is 0 Å². The van der Waals surface area contributed by atoms with Crippen molar-refractivity contribution in [2.45, 2.75) is 26.2 Å². The quantitative estimate of drug-likeness (QED) is 0.179. The Balaban J connectivity index is 3.14. The Morgan fingerprint density at radius 2 is 1.03 bits per heavy atom. The number of nitrogens with two attached hydrogens (primary N) is 1. The lowest BCUT2D eigenvalue weighted by atomic mass is 10.4. The zero-order valence-corrected chi connectivity index (χ0v) is 19.3. The molecule has 0 radical (unpaired) electrons. The fourth-order valence-corrected chi connectivity index (χ4v) is 2.19. The molecule has 10 nitrogen and oxygen atoms in total. The summed E-state index contributed by atoms with van der Waals surface area (Å²) in [7, 11) is 0. The number of hydrogen-bond donors (Lipinski definition) is 2. The lowest BCUT2D eigenvalue weighted by Gasteiger charge is -2.08. The maximum atomic E-state index is 11.7. The van der Waals surface area contributed by atoms with E-state index in [2.05, 4.69) is 5.32 Å². The first-order valence-electron chi connectivity index (χ1n) is 11.3. The van der Waals surface area contributed by atoms with E-state index in [4.69, 9.17) is 38.9 Å². The Kier molecular flexibility index (Phi) is 26.4. The first kappa shape index (κ1) is 30.1. The molecule has 0 aliphatic rings. The van der Waals surface area contributed by atoms with Gasteiger partial charge in [0.25, 0.3) is 0 Å². The number of nitrogens with one attached hydrogen (secondary N) is 1. The van der Waals surface area contributed by atoms with E-state index in [9.17, 15) is 4.79 Å². The summed E-state index contributed by atoms with van der Waals surface area (Å²) in [6.07, 6.45) is 1.96. The van der Waals surface area contributed by atoms with Crippen molar-refractivity contribution in [1.29, 1.82) is 0 Å². The van der Waals surface area contributed by atoms with Crippen molar-refractivity contribution in [2.24, 2.45) is 5.73 Å². The van der Waals surface area contributed by atoms with Gasteiger partial charge in [0.1, 0.15) is 0 Å². The second kappa shape index (κ2) is 27.2. The Morgan fingerprint density at radius 1 is 0.613 bits per heavy atom. The summed E-state index contributed by atoms with van der Waals surface area (Å²) in [5.41, 5.74) is 5.37. The summed E-state index contributed by atoms with van der Waals surface area (Å²) in [4.78, 5) is 11.7. The minimum atomic E-state index is -0.0263. The normalized spacial score (nSPS) is 11.2. The molecular weight excluding hydrogens is 408 g/mol. The van der Waals surface area contributed by atoms with Crippen molar-refractivity contribution in [2.75, 3.05) is 106 Å². The van der Waals surface area contributed by atoms with E-state index in [1.807, 2.05) is 6.92 Å². The summed E-state index contributed by atoms with van der Waals surface area (Å²) in [5.74, 6) is -0.0263. The van der Waals surface area contributed by atoms with E-state index in [-0.39, 0.29) is 5.91 Å². The number of hydrogen-bond acceptors (Lipinski definition) is 9. The molecule has 0 aromatic rings. The molecule has 0 aliphatic heterocycles. The highest BCUT2D eigenvalue weighted by molar-refractivity contribution is 5.75. The predicted molar refractivity (Wildman–Crippen MR) is 117 cm³/mol. The molecule has 1 amide bonds. The fourth-order valence-electron chi connectivity index (χ4n) is 2.19. The van der Waals surface area contributed by atoms with Crippen LogP contribution in [-0.4, -0.2) is 111 Å². The van der Waals surface area contributed by atoms with Gasteiger partial charge < -0.3 is 44.2 Å². The monoisotopic (exact) mass is 452 g/mol. The molecule has 3 N–H and O–H groups in total. The largest absolute Gasteiger partial charge is 0.379 e. The summed E-state index contributed by atoms with van der Waals surface area (Å²) >= 11 is 0.